The van der Waals surface area contributed by atoms with E-state index in [-0.39, 0.29) is 5.41 Å². The molecule has 3 heteroatoms. The molecule has 4 aliphatic carbocycles. The number of carbonyl (C=O) groups is 1. The van der Waals surface area contributed by atoms with Gasteiger partial charge in [0.25, 0.3) is 0 Å². The lowest BCUT2D eigenvalue weighted by Crippen LogP contribution is -2.58. The van der Waals surface area contributed by atoms with Gasteiger partial charge in [0.05, 0.1) is 5.41 Å². The number of aryl methyl sites for hydroxylation is 1. The second-order valence-electron chi connectivity index (χ2n) is 9.92. The van der Waals surface area contributed by atoms with E-state index in [9.17, 15) is 4.79 Å². The summed E-state index contributed by atoms with van der Waals surface area (Å²) in [6, 6.07) is 10.8. The van der Waals surface area contributed by atoms with Gasteiger partial charge in [0.2, 0.25) is 5.91 Å². The number of nitrogens with zero attached hydrogens (tertiary/aromatic N) is 2. The molecule has 5 fully saturated rings. The molecular weight excluding hydrogens is 332 g/mol. The third kappa shape index (κ3) is 3.55. The van der Waals surface area contributed by atoms with Crippen molar-refractivity contribution in [1.29, 1.82) is 0 Å². The van der Waals surface area contributed by atoms with Gasteiger partial charge in [-0.3, -0.25) is 9.69 Å². The van der Waals surface area contributed by atoms with Gasteiger partial charge in [-0.2, -0.15) is 0 Å². The summed E-state index contributed by atoms with van der Waals surface area (Å²) in [5.41, 5.74) is 1.48. The molecule has 0 spiro atoms. The average Bonchev–Trinajstić information content (AvgIpc) is 2.68. The van der Waals surface area contributed by atoms with Gasteiger partial charge in [-0.15, -0.1) is 0 Å². The van der Waals surface area contributed by atoms with Crippen LogP contribution in [-0.4, -0.2) is 48.4 Å². The number of hydrogen-bond donors (Lipinski definition) is 0. The van der Waals surface area contributed by atoms with Crippen LogP contribution >= 0.6 is 0 Å². The number of hydrogen-bond acceptors (Lipinski definition) is 2. The molecule has 1 aromatic rings. The van der Waals surface area contributed by atoms with E-state index in [0.717, 1.165) is 56.9 Å². The van der Waals surface area contributed by atoms with Gasteiger partial charge in [0.1, 0.15) is 0 Å². The van der Waals surface area contributed by atoms with Crippen LogP contribution < -0.4 is 0 Å². The van der Waals surface area contributed by atoms with Crippen LogP contribution in [0.25, 0.3) is 0 Å². The van der Waals surface area contributed by atoms with E-state index in [1.54, 1.807) is 0 Å². The Balaban J connectivity index is 1.11. The minimum Gasteiger partial charge on any atom is -0.340 e. The smallest absolute Gasteiger partial charge is 0.228 e. The highest BCUT2D eigenvalue weighted by atomic mass is 16.2. The van der Waals surface area contributed by atoms with Crippen molar-refractivity contribution in [3.8, 4) is 0 Å². The molecular formula is C24H34N2O. The fourth-order valence-corrected chi connectivity index (χ4v) is 7.03. The fourth-order valence-electron chi connectivity index (χ4n) is 7.03. The summed E-state index contributed by atoms with van der Waals surface area (Å²) in [6.45, 7) is 5.19. The third-order valence-electron chi connectivity index (χ3n) is 7.93. The maximum Gasteiger partial charge on any atom is 0.228 e. The number of rotatable bonds is 5. The predicted octanol–water partition coefficient (Wildman–Crippen LogP) is 3.98. The van der Waals surface area contributed by atoms with E-state index in [2.05, 4.69) is 40.1 Å². The van der Waals surface area contributed by atoms with E-state index in [4.69, 9.17) is 0 Å². The van der Waals surface area contributed by atoms with Gasteiger partial charge in [0.15, 0.2) is 0 Å². The Morgan fingerprint density at radius 2 is 1.48 bits per heavy atom. The van der Waals surface area contributed by atoms with Gasteiger partial charge < -0.3 is 4.90 Å². The number of piperazine rings is 1. The highest BCUT2D eigenvalue weighted by Crippen LogP contribution is 2.60. The Morgan fingerprint density at radius 3 is 2.07 bits per heavy atom. The Morgan fingerprint density at radius 1 is 0.889 bits per heavy atom. The van der Waals surface area contributed by atoms with Crippen molar-refractivity contribution in [2.75, 3.05) is 32.7 Å². The summed E-state index contributed by atoms with van der Waals surface area (Å²) in [4.78, 5) is 18.3. The molecule has 1 saturated heterocycles. The molecule has 27 heavy (non-hydrogen) atoms. The molecule has 1 aliphatic heterocycles. The lowest BCUT2D eigenvalue weighted by atomic mass is 9.49. The molecule has 0 aromatic heterocycles. The van der Waals surface area contributed by atoms with Gasteiger partial charge in [-0.05, 0) is 81.2 Å². The lowest BCUT2D eigenvalue weighted by molar-refractivity contribution is -0.159. The van der Waals surface area contributed by atoms with E-state index in [1.807, 2.05) is 0 Å². The van der Waals surface area contributed by atoms with E-state index in [0.29, 0.717) is 5.91 Å². The van der Waals surface area contributed by atoms with Crippen molar-refractivity contribution in [2.24, 2.45) is 23.2 Å². The molecule has 0 N–H and O–H groups in total. The first-order valence-electron chi connectivity index (χ1n) is 11.3. The van der Waals surface area contributed by atoms with Crippen LogP contribution in [0, 0.1) is 23.2 Å². The third-order valence-corrected chi connectivity index (χ3v) is 7.93. The van der Waals surface area contributed by atoms with E-state index in [1.165, 1.54) is 50.5 Å². The molecule has 1 aromatic carbocycles. The quantitative estimate of drug-likeness (QED) is 0.787. The van der Waals surface area contributed by atoms with Crippen LogP contribution in [0.15, 0.2) is 30.3 Å². The summed E-state index contributed by atoms with van der Waals surface area (Å²) in [5.74, 6) is 3.11. The topological polar surface area (TPSA) is 23.6 Å². The Bertz CT molecular complexity index is 627. The molecule has 1 heterocycles. The monoisotopic (exact) mass is 366 g/mol. The van der Waals surface area contributed by atoms with Crippen LogP contribution in [0.1, 0.15) is 50.5 Å². The minimum atomic E-state index is 0.0459. The van der Waals surface area contributed by atoms with Gasteiger partial charge in [-0.1, -0.05) is 30.3 Å². The molecule has 0 atom stereocenters. The average molecular weight is 367 g/mol. The minimum absolute atomic E-state index is 0.0459. The van der Waals surface area contributed by atoms with Crippen molar-refractivity contribution in [3.63, 3.8) is 0 Å². The summed E-state index contributed by atoms with van der Waals surface area (Å²) in [6.07, 6.45) is 10.2. The second kappa shape index (κ2) is 7.24. The highest BCUT2D eigenvalue weighted by molar-refractivity contribution is 5.83. The summed E-state index contributed by atoms with van der Waals surface area (Å²) >= 11 is 0. The zero-order valence-electron chi connectivity index (χ0n) is 16.6. The molecule has 0 radical (unpaired) electrons. The normalized spacial score (nSPS) is 35.6. The second-order valence-corrected chi connectivity index (χ2v) is 9.92. The number of carbonyl (C=O) groups excluding carboxylic acids is 1. The van der Waals surface area contributed by atoms with Crippen molar-refractivity contribution in [2.45, 2.75) is 51.4 Å². The van der Waals surface area contributed by atoms with Gasteiger partial charge in [-0.25, -0.2) is 0 Å². The molecule has 4 saturated carbocycles. The van der Waals surface area contributed by atoms with Crippen molar-refractivity contribution in [3.05, 3.63) is 35.9 Å². The van der Waals surface area contributed by atoms with Crippen molar-refractivity contribution >= 4 is 5.91 Å². The van der Waals surface area contributed by atoms with Crippen LogP contribution in [0.3, 0.4) is 0 Å². The van der Waals surface area contributed by atoms with Crippen LogP contribution in [0.4, 0.5) is 0 Å². The van der Waals surface area contributed by atoms with Gasteiger partial charge >= 0.3 is 0 Å². The van der Waals surface area contributed by atoms with Crippen LogP contribution in [0.2, 0.25) is 0 Å². The highest BCUT2D eigenvalue weighted by Gasteiger charge is 2.55. The standard InChI is InChI=1S/C24H34N2O/c27-23(24-16-20-13-21(17-24)15-22(14-20)18-24)26-11-9-25(10-12-26)8-4-7-19-5-2-1-3-6-19/h1-3,5-6,20-22H,4,7-18H2. The Labute approximate surface area is 164 Å². The Hall–Kier alpha value is -1.35. The SMILES string of the molecule is O=C(N1CCN(CCCc2ccccc2)CC1)C12CC3CC(CC(C3)C1)C2. The van der Waals surface area contributed by atoms with Gasteiger partial charge in [0, 0.05) is 26.2 Å². The maximum atomic E-state index is 13.5. The zero-order valence-corrected chi connectivity index (χ0v) is 16.6. The Kier molecular flexibility index (Phi) is 4.75. The molecule has 5 aliphatic rings. The van der Waals surface area contributed by atoms with Crippen molar-refractivity contribution in [1.82, 2.24) is 9.80 Å². The molecule has 6 rings (SSSR count). The number of amides is 1. The zero-order chi connectivity index (χ0) is 18.3. The van der Waals surface area contributed by atoms with Crippen LogP contribution in [-0.2, 0) is 11.2 Å². The van der Waals surface area contributed by atoms with Crippen molar-refractivity contribution < 1.29 is 4.79 Å². The largest absolute Gasteiger partial charge is 0.340 e. The molecule has 0 unspecified atom stereocenters. The number of benzene rings is 1. The predicted molar refractivity (Wildman–Crippen MR) is 108 cm³/mol. The molecule has 146 valence electrons. The first kappa shape index (κ1) is 17.7. The maximum absolute atomic E-state index is 13.5. The molecule has 1 amide bonds. The van der Waals surface area contributed by atoms with E-state index >= 15 is 0 Å². The first-order chi connectivity index (χ1) is 13.2. The molecule has 4 bridgehead atoms. The lowest BCUT2D eigenvalue weighted by Gasteiger charge is -2.57. The summed E-state index contributed by atoms with van der Waals surface area (Å²) in [5, 5.41) is 0. The summed E-state index contributed by atoms with van der Waals surface area (Å²) < 4.78 is 0. The van der Waals surface area contributed by atoms with E-state index < -0.39 is 0 Å². The first-order valence-corrected chi connectivity index (χ1v) is 11.3. The fraction of sp³-hybridized carbons (Fsp3) is 0.708. The van der Waals surface area contributed by atoms with Crippen LogP contribution in [0.5, 0.6) is 0 Å². The molecule has 3 nitrogen and oxygen atoms in total. The summed E-state index contributed by atoms with van der Waals surface area (Å²) in [7, 11) is 0.